The maximum Gasteiger partial charge on any atom is 0.0721 e. The second kappa shape index (κ2) is 6.02. The standard InChI is InChI=1S/C11H15NO.ClH/c1-2-4-10(5-3-1)8-12-9-11-6-7-13-11;/h1-5,11-12H,6-9H2;1H. The van der Waals surface area contributed by atoms with E-state index in [4.69, 9.17) is 4.74 Å². The van der Waals surface area contributed by atoms with Crippen LogP contribution in [0.2, 0.25) is 0 Å². The molecule has 1 heterocycles. The van der Waals surface area contributed by atoms with E-state index in [1.54, 1.807) is 0 Å². The zero-order chi connectivity index (χ0) is 8.93. The van der Waals surface area contributed by atoms with Crippen LogP contribution in [0, 0.1) is 0 Å². The van der Waals surface area contributed by atoms with Crippen molar-refractivity contribution in [1.82, 2.24) is 5.32 Å². The van der Waals surface area contributed by atoms with Crippen LogP contribution in [0.5, 0.6) is 0 Å². The van der Waals surface area contributed by atoms with Gasteiger partial charge in [-0.1, -0.05) is 30.3 Å². The first-order chi connectivity index (χ1) is 6.45. The fraction of sp³-hybridized carbons (Fsp3) is 0.455. The molecule has 0 bridgehead atoms. The summed E-state index contributed by atoms with van der Waals surface area (Å²) >= 11 is 0. The molecule has 1 saturated heterocycles. The molecule has 0 aliphatic carbocycles. The molecule has 78 valence electrons. The van der Waals surface area contributed by atoms with Crippen molar-refractivity contribution >= 4 is 12.4 Å². The molecule has 1 atom stereocenters. The molecule has 1 fully saturated rings. The highest BCUT2D eigenvalue weighted by Gasteiger charge is 2.16. The van der Waals surface area contributed by atoms with Gasteiger partial charge in [-0.2, -0.15) is 0 Å². The smallest absolute Gasteiger partial charge is 0.0721 e. The highest BCUT2D eigenvalue weighted by molar-refractivity contribution is 5.85. The van der Waals surface area contributed by atoms with Gasteiger partial charge in [0.25, 0.3) is 0 Å². The Balaban J connectivity index is 0.000000980. The summed E-state index contributed by atoms with van der Waals surface area (Å²) in [5.74, 6) is 0. The van der Waals surface area contributed by atoms with E-state index in [2.05, 4.69) is 29.6 Å². The van der Waals surface area contributed by atoms with Crippen LogP contribution in [0.15, 0.2) is 30.3 Å². The summed E-state index contributed by atoms with van der Waals surface area (Å²) in [6.07, 6.45) is 1.67. The number of benzene rings is 1. The van der Waals surface area contributed by atoms with Gasteiger partial charge < -0.3 is 10.1 Å². The molecule has 0 amide bonds. The minimum Gasteiger partial charge on any atom is -0.377 e. The number of hydrogen-bond acceptors (Lipinski definition) is 2. The molecule has 14 heavy (non-hydrogen) atoms. The molecule has 1 N–H and O–H groups in total. The lowest BCUT2D eigenvalue weighted by atomic mass is 10.2. The van der Waals surface area contributed by atoms with Gasteiger partial charge in [0, 0.05) is 19.7 Å². The van der Waals surface area contributed by atoms with E-state index in [0.29, 0.717) is 6.10 Å². The summed E-state index contributed by atoms with van der Waals surface area (Å²) in [5.41, 5.74) is 1.34. The normalized spacial score (nSPS) is 19.6. The molecule has 1 aromatic rings. The summed E-state index contributed by atoms with van der Waals surface area (Å²) in [4.78, 5) is 0. The molecule has 2 nitrogen and oxygen atoms in total. The maximum absolute atomic E-state index is 5.31. The second-order valence-electron chi connectivity index (χ2n) is 3.40. The van der Waals surface area contributed by atoms with Gasteiger partial charge in [0.15, 0.2) is 0 Å². The molecular formula is C11H16ClNO. The Morgan fingerprint density at radius 1 is 1.29 bits per heavy atom. The predicted molar refractivity (Wildman–Crippen MR) is 59.8 cm³/mol. The number of ether oxygens (including phenoxy) is 1. The zero-order valence-corrected chi connectivity index (χ0v) is 8.93. The fourth-order valence-electron chi connectivity index (χ4n) is 1.42. The predicted octanol–water partition coefficient (Wildman–Crippen LogP) is 1.99. The molecule has 1 aromatic carbocycles. The molecule has 0 radical (unpaired) electrons. The summed E-state index contributed by atoms with van der Waals surface area (Å²) < 4.78 is 5.31. The van der Waals surface area contributed by atoms with E-state index >= 15 is 0 Å². The Labute approximate surface area is 91.1 Å². The monoisotopic (exact) mass is 213 g/mol. The van der Waals surface area contributed by atoms with Crippen LogP contribution in [0.4, 0.5) is 0 Å². The first kappa shape index (κ1) is 11.5. The minimum absolute atomic E-state index is 0. The molecule has 1 aliphatic heterocycles. The molecule has 0 spiro atoms. The van der Waals surface area contributed by atoms with Gasteiger partial charge in [-0.25, -0.2) is 0 Å². The van der Waals surface area contributed by atoms with Gasteiger partial charge in [0.1, 0.15) is 0 Å². The van der Waals surface area contributed by atoms with Crippen LogP contribution < -0.4 is 5.32 Å². The quantitative estimate of drug-likeness (QED) is 0.826. The van der Waals surface area contributed by atoms with E-state index in [-0.39, 0.29) is 12.4 Å². The first-order valence-electron chi connectivity index (χ1n) is 4.81. The Morgan fingerprint density at radius 2 is 2.00 bits per heavy atom. The van der Waals surface area contributed by atoms with Gasteiger partial charge in [0.2, 0.25) is 0 Å². The highest BCUT2D eigenvalue weighted by atomic mass is 35.5. The Hall–Kier alpha value is -0.570. The van der Waals surface area contributed by atoms with Crippen molar-refractivity contribution < 1.29 is 4.74 Å². The zero-order valence-electron chi connectivity index (χ0n) is 8.11. The van der Waals surface area contributed by atoms with Crippen molar-refractivity contribution in [3.63, 3.8) is 0 Å². The lowest BCUT2D eigenvalue weighted by Gasteiger charge is -2.26. The molecule has 0 aromatic heterocycles. The summed E-state index contributed by atoms with van der Waals surface area (Å²) in [6, 6.07) is 10.4. The summed E-state index contributed by atoms with van der Waals surface area (Å²) in [5, 5.41) is 3.38. The molecule has 1 unspecified atom stereocenters. The van der Waals surface area contributed by atoms with Crippen LogP contribution in [0.3, 0.4) is 0 Å². The van der Waals surface area contributed by atoms with Crippen molar-refractivity contribution in [2.45, 2.75) is 19.1 Å². The van der Waals surface area contributed by atoms with Crippen molar-refractivity contribution in [2.75, 3.05) is 13.2 Å². The SMILES string of the molecule is Cl.c1ccc(CNCC2CCO2)cc1. The maximum atomic E-state index is 5.31. The van der Waals surface area contributed by atoms with Crippen LogP contribution in [0.1, 0.15) is 12.0 Å². The Bertz CT molecular complexity index is 249. The molecule has 3 heteroatoms. The molecule has 0 saturated carbocycles. The Kier molecular flexibility index (Phi) is 4.94. The average Bonchev–Trinajstić information content (AvgIpc) is 2.11. The van der Waals surface area contributed by atoms with Gasteiger partial charge in [-0.15, -0.1) is 12.4 Å². The number of halogens is 1. The molecular weight excluding hydrogens is 198 g/mol. The first-order valence-corrected chi connectivity index (χ1v) is 4.81. The number of nitrogens with one attached hydrogen (secondary N) is 1. The lowest BCUT2D eigenvalue weighted by Crippen LogP contribution is -2.36. The van der Waals surface area contributed by atoms with E-state index in [0.717, 1.165) is 19.7 Å². The van der Waals surface area contributed by atoms with Gasteiger partial charge in [-0.3, -0.25) is 0 Å². The number of rotatable bonds is 4. The van der Waals surface area contributed by atoms with E-state index in [9.17, 15) is 0 Å². The molecule has 2 rings (SSSR count). The van der Waals surface area contributed by atoms with E-state index in [1.165, 1.54) is 12.0 Å². The topological polar surface area (TPSA) is 21.3 Å². The number of hydrogen-bond donors (Lipinski definition) is 1. The summed E-state index contributed by atoms with van der Waals surface area (Å²) in [6.45, 7) is 2.87. The van der Waals surface area contributed by atoms with Crippen LogP contribution in [0.25, 0.3) is 0 Å². The van der Waals surface area contributed by atoms with Crippen LogP contribution in [-0.4, -0.2) is 19.3 Å². The van der Waals surface area contributed by atoms with Crippen molar-refractivity contribution in [3.8, 4) is 0 Å². The van der Waals surface area contributed by atoms with Gasteiger partial charge in [0.05, 0.1) is 6.10 Å². The van der Waals surface area contributed by atoms with Gasteiger partial charge >= 0.3 is 0 Å². The van der Waals surface area contributed by atoms with Crippen LogP contribution in [-0.2, 0) is 11.3 Å². The largest absolute Gasteiger partial charge is 0.377 e. The van der Waals surface area contributed by atoms with E-state index in [1.807, 2.05) is 6.07 Å². The fourth-order valence-corrected chi connectivity index (χ4v) is 1.42. The van der Waals surface area contributed by atoms with E-state index < -0.39 is 0 Å². The second-order valence-corrected chi connectivity index (χ2v) is 3.40. The lowest BCUT2D eigenvalue weighted by molar-refractivity contribution is -0.0484. The minimum atomic E-state index is 0. The van der Waals surface area contributed by atoms with Gasteiger partial charge in [-0.05, 0) is 12.0 Å². The highest BCUT2D eigenvalue weighted by Crippen LogP contribution is 2.09. The van der Waals surface area contributed by atoms with Crippen LogP contribution >= 0.6 is 12.4 Å². The third-order valence-corrected chi connectivity index (χ3v) is 2.34. The third-order valence-electron chi connectivity index (χ3n) is 2.34. The van der Waals surface area contributed by atoms with Crippen molar-refractivity contribution in [3.05, 3.63) is 35.9 Å². The summed E-state index contributed by atoms with van der Waals surface area (Å²) in [7, 11) is 0. The molecule has 1 aliphatic rings. The van der Waals surface area contributed by atoms with Crippen molar-refractivity contribution in [2.24, 2.45) is 0 Å². The van der Waals surface area contributed by atoms with Crippen molar-refractivity contribution in [1.29, 1.82) is 0 Å². The Morgan fingerprint density at radius 3 is 2.57 bits per heavy atom. The third kappa shape index (κ3) is 3.29. The average molecular weight is 214 g/mol.